The lowest BCUT2D eigenvalue weighted by Crippen LogP contribution is -2.26. The molecule has 0 radical (unpaired) electrons. The van der Waals surface area contributed by atoms with Gasteiger partial charge >= 0.3 is 0 Å². The van der Waals surface area contributed by atoms with Gasteiger partial charge in [0.1, 0.15) is 0 Å². The standard InChI is InChI=1S/C18H19NO/c1-2-3-4-7-12-19-18(20)14-15-10-11-16-8-5-6-9-17(16)13-15/h1,5-6,8-11,13H,3-4,7,12,14H2,(H,19,20). The Morgan fingerprint density at radius 3 is 2.70 bits per heavy atom. The monoisotopic (exact) mass is 265 g/mol. The zero-order valence-electron chi connectivity index (χ0n) is 11.6. The molecule has 0 aliphatic carbocycles. The van der Waals surface area contributed by atoms with Gasteiger partial charge in [-0.15, -0.1) is 12.3 Å². The van der Waals surface area contributed by atoms with Gasteiger partial charge in [0.2, 0.25) is 5.91 Å². The summed E-state index contributed by atoms with van der Waals surface area (Å²) in [6.07, 6.45) is 8.29. The van der Waals surface area contributed by atoms with Gasteiger partial charge in [-0.05, 0) is 29.2 Å². The van der Waals surface area contributed by atoms with E-state index in [9.17, 15) is 4.79 Å². The summed E-state index contributed by atoms with van der Waals surface area (Å²) in [7, 11) is 0. The Morgan fingerprint density at radius 1 is 1.10 bits per heavy atom. The normalized spacial score (nSPS) is 10.2. The number of amides is 1. The first-order chi connectivity index (χ1) is 9.79. The molecule has 0 aliphatic heterocycles. The summed E-state index contributed by atoms with van der Waals surface area (Å²) in [4.78, 5) is 11.8. The van der Waals surface area contributed by atoms with Crippen LogP contribution in [0.5, 0.6) is 0 Å². The molecule has 0 saturated carbocycles. The van der Waals surface area contributed by atoms with Crippen molar-refractivity contribution in [3.63, 3.8) is 0 Å². The van der Waals surface area contributed by atoms with Crippen molar-refractivity contribution < 1.29 is 4.79 Å². The molecule has 0 unspecified atom stereocenters. The van der Waals surface area contributed by atoms with E-state index in [1.54, 1.807) is 0 Å². The van der Waals surface area contributed by atoms with Crippen LogP contribution in [-0.2, 0) is 11.2 Å². The number of nitrogens with one attached hydrogen (secondary N) is 1. The summed E-state index contributed by atoms with van der Waals surface area (Å²) in [6.45, 7) is 0.702. The predicted molar refractivity (Wildman–Crippen MR) is 83.3 cm³/mol. The van der Waals surface area contributed by atoms with Crippen molar-refractivity contribution in [3.05, 3.63) is 48.0 Å². The van der Waals surface area contributed by atoms with Crippen molar-refractivity contribution in [2.45, 2.75) is 25.7 Å². The lowest BCUT2D eigenvalue weighted by molar-refractivity contribution is -0.120. The minimum absolute atomic E-state index is 0.0704. The molecule has 20 heavy (non-hydrogen) atoms. The Labute approximate surface area is 120 Å². The molecule has 2 nitrogen and oxygen atoms in total. The molecule has 1 N–H and O–H groups in total. The van der Waals surface area contributed by atoms with Crippen molar-refractivity contribution in [2.75, 3.05) is 6.54 Å². The van der Waals surface area contributed by atoms with E-state index >= 15 is 0 Å². The molecule has 102 valence electrons. The number of terminal acetylenes is 1. The fourth-order valence-corrected chi connectivity index (χ4v) is 2.18. The average molecular weight is 265 g/mol. The van der Waals surface area contributed by atoms with Crippen molar-refractivity contribution in [3.8, 4) is 12.3 Å². The zero-order chi connectivity index (χ0) is 14.2. The van der Waals surface area contributed by atoms with E-state index in [1.165, 1.54) is 10.8 Å². The van der Waals surface area contributed by atoms with Gasteiger partial charge in [-0.1, -0.05) is 42.5 Å². The molecular formula is C18H19NO. The summed E-state index contributed by atoms with van der Waals surface area (Å²) in [6, 6.07) is 14.3. The molecule has 0 fully saturated rings. The topological polar surface area (TPSA) is 29.1 Å². The van der Waals surface area contributed by atoms with Crippen molar-refractivity contribution in [1.29, 1.82) is 0 Å². The Bertz CT molecular complexity index is 625. The number of hydrogen-bond donors (Lipinski definition) is 1. The van der Waals surface area contributed by atoms with E-state index in [0.29, 0.717) is 13.0 Å². The average Bonchev–Trinajstić information content (AvgIpc) is 2.47. The Morgan fingerprint density at radius 2 is 1.90 bits per heavy atom. The van der Waals surface area contributed by atoms with Crippen LogP contribution in [0.2, 0.25) is 0 Å². The zero-order valence-corrected chi connectivity index (χ0v) is 11.6. The molecule has 0 bridgehead atoms. The molecule has 2 heteroatoms. The number of hydrogen-bond acceptors (Lipinski definition) is 1. The second-order valence-corrected chi connectivity index (χ2v) is 4.87. The summed E-state index contributed by atoms with van der Waals surface area (Å²) in [5.74, 6) is 2.67. The fraction of sp³-hybridized carbons (Fsp3) is 0.278. The van der Waals surface area contributed by atoms with Crippen LogP contribution < -0.4 is 5.32 Å². The van der Waals surface area contributed by atoms with Crippen LogP contribution >= 0.6 is 0 Å². The van der Waals surface area contributed by atoms with Gasteiger partial charge in [0, 0.05) is 13.0 Å². The first-order valence-electron chi connectivity index (χ1n) is 6.97. The summed E-state index contributed by atoms with van der Waals surface area (Å²) < 4.78 is 0. The number of unbranched alkanes of at least 4 members (excludes halogenated alkanes) is 2. The Hall–Kier alpha value is -2.27. The minimum atomic E-state index is 0.0704. The third-order valence-corrected chi connectivity index (χ3v) is 3.25. The quantitative estimate of drug-likeness (QED) is 0.630. The SMILES string of the molecule is C#CCCCCNC(=O)Cc1ccc2ccccc2c1. The number of benzene rings is 2. The van der Waals surface area contributed by atoms with Crippen LogP contribution in [-0.4, -0.2) is 12.5 Å². The molecule has 2 rings (SSSR count). The molecule has 0 heterocycles. The second-order valence-electron chi connectivity index (χ2n) is 4.87. The van der Waals surface area contributed by atoms with Crippen LogP contribution in [0.25, 0.3) is 10.8 Å². The van der Waals surface area contributed by atoms with Crippen LogP contribution in [0.1, 0.15) is 24.8 Å². The van der Waals surface area contributed by atoms with E-state index in [0.717, 1.165) is 24.8 Å². The highest BCUT2D eigenvalue weighted by atomic mass is 16.1. The maximum atomic E-state index is 11.8. The number of carbonyl (C=O) groups is 1. The van der Waals surface area contributed by atoms with E-state index in [4.69, 9.17) is 6.42 Å². The van der Waals surface area contributed by atoms with E-state index < -0.39 is 0 Å². The molecule has 0 aliphatic rings. The third-order valence-electron chi connectivity index (χ3n) is 3.25. The molecule has 0 aromatic heterocycles. The maximum Gasteiger partial charge on any atom is 0.224 e. The molecule has 0 spiro atoms. The van der Waals surface area contributed by atoms with Gasteiger partial charge in [0.05, 0.1) is 6.42 Å². The minimum Gasteiger partial charge on any atom is -0.356 e. The molecule has 1 amide bonds. The smallest absolute Gasteiger partial charge is 0.224 e. The Kier molecular flexibility index (Phi) is 5.20. The largest absolute Gasteiger partial charge is 0.356 e. The highest BCUT2D eigenvalue weighted by Gasteiger charge is 2.03. The number of carbonyl (C=O) groups excluding carboxylic acids is 1. The number of rotatable bonds is 6. The summed E-state index contributed by atoms with van der Waals surface area (Å²) in [5, 5.41) is 5.30. The Balaban J connectivity index is 1.85. The van der Waals surface area contributed by atoms with Gasteiger partial charge in [0.25, 0.3) is 0 Å². The molecular weight excluding hydrogens is 246 g/mol. The summed E-state index contributed by atoms with van der Waals surface area (Å²) in [5.41, 5.74) is 1.05. The summed E-state index contributed by atoms with van der Waals surface area (Å²) >= 11 is 0. The third kappa shape index (κ3) is 4.13. The van der Waals surface area contributed by atoms with Crippen molar-refractivity contribution in [2.24, 2.45) is 0 Å². The van der Waals surface area contributed by atoms with Crippen LogP contribution in [0.4, 0.5) is 0 Å². The van der Waals surface area contributed by atoms with Gasteiger partial charge in [-0.25, -0.2) is 0 Å². The fourth-order valence-electron chi connectivity index (χ4n) is 2.18. The maximum absolute atomic E-state index is 11.8. The lowest BCUT2D eigenvalue weighted by Gasteiger charge is -2.06. The molecule has 0 atom stereocenters. The lowest BCUT2D eigenvalue weighted by atomic mass is 10.0. The second kappa shape index (κ2) is 7.35. The van der Waals surface area contributed by atoms with Crippen LogP contribution in [0, 0.1) is 12.3 Å². The van der Waals surface area contributed by atoms with Crippen LogP contribution in [0.3, 0.4) is 0 Å². The van der Waals surface area contributed by atoms with Crippen LogP contribution in [0.15, 0.2) is 42.5 Å². The van der Waals surface area contributed by atoms with Crippen molar-refractivity contribution >= 4 is 16.7 Å². The van der Waals surface area contributed by atoms with Gasteiger partial charge in [-0.3, -0.25) is 4.79 Å². The van der Waals surface area contributed by atoms with Gasteiger partial charge in [0.15, 0.2) is 0 Å². The van der Waals surface area contributed by atoms with Crippen molar-refractivity contribution in [1.82, 2.24) is 5.32 Å². The molecule has 0 saturated heterocycles. The first kappa shape index (κ1) is 14.1. The first-order valence-corrected chi connectivity index (χ1v) is 6.97. The van der Waals surface area contributed by atoms with E-state index in [1.807, 2.05) is 18.2 Å². The molecule has 2 aromatic rings. The predicted octanol–water partition coefficient (Wildman–Crippen LogP) is 3.30. The molecule has 2 aromatic carbocycles. The highest BCUT2D eigenvalue weighted by Crippen LogP contribution is 2.15. The highest BCUT2D eigenvalue weighted by molar-refractivity contribution is 5.85. The van der Waals surface area contributed by atoms with Gasteiger partial charge in [-0.2, -0.15) is 0 Å². The van der Waals surface area contributed by atoms with E-state index in [-0.39, 0.29) is 5.91 Å². The van der Waals surface area contributed by atoms with Gasteiger partial charge < -0.3 is 5.32 Å². The number of fused-ring (bicyclic) bond motifs is 1. The van der Waals surface area contributed by atoms with E-state index in [2.05, 4.69) is 35.5 Å².